The first-order chi connectivity index (χ1) is 10.8. The third-order valence-corrected chi connectivity index (χ3v) is 3.22. The van der Waals surface area contributed by atoms with Gasteiger partial charge in [-0.3, -0.25) is 0 Å². The molecule has 0 fully saturated rings. The summed E-state index contributed by atoms with van der Waals surface area (Å²) < 4.78 is 11.2. The second-order valence-electron chi connectivity index (χ2n) is 5.22. The lowest BCUT2D eigenvalue weighted by Crippen LogP contribution is -2.00. The van der Waals surface area contributed by atoms with Crippen molar-refractivity contribution < 1.29 is 9.47 Å². The highest BCUT2D eigenvalue weighted by atomic mass is 16.5. The molecule has 0 bridgehead atoms. The van der Waals surface area contributed by atoms with Crippen LogP contribution in [0.5, 0.6) is 11.5 Å². The normalized spacial score (nSPS) is 10.3. The maximum atomic E-state index is 5.58. The summed E-state index contributed by atoms with van der Waals surface area (Å²) in [6.07, 6.45) is 2.05. The van der Waals surface area contributed by atoms with Crippen LogP contribution in [-0.2, 0) is 6.54 Å². The van der Waals surface area contributed by atoms with E-state index >= 15 is 0 Å². The lowest BCUT2D eigenvalue weighted by atomic mass is 10.2. The summed E-state index contributed by atoms with van der Waals surface area (Å²) in [5.74, 6) is 1.85. The van der Waals surface area contributed by atoms with Crippen molar-refractivity contribution in [1.82, 2.24) is 0 Å². The number of benzene rings is 2. The van der Waals surface area contributed by atoms with Crippen molar-refractivity contribution in [2.45, 2.75) is 33.2 Å². The summed E-state index contributed by atoms with van der Waals surface area (Å²) in [7, 11) is 0. The zero-order valence-corrected chi connectivity index (χ0v) is 13.5. The van der Waals surface area contributed by atoms with Crippen molar-refractivity contribution in [2.24, 2.45) is 0 Å². The second kappa shape index (κ2) is 8.98. The van der Waals surface area contributed by atoms with Crippen LogP contribution in [0, 0.1) is 0 Å². The van der Waals surface area contributed by atoms with Crippen molar-refractivity contribution in [3.63, 3.8) is 0 Å². The molecule has 1 N–H and O–H groups in total. The molecule has 0 saturated carbocycles. The lowest BCUT2D eigenvalue weighted by Gasteiger charge is -2.09. The van der Waals surface area contributed by atoms with Crippen LogP contribution in [0.2, 0.25) is 0 Å². The molecule has 2 aromatic rings. The van der Waals surface area contributed by atoms with Gasteiger partial charge in [0.15, 0.2) is 0 Å². The zero-order valence-electron chi connectivity index (χ0n) is 13.5. The van der Waals surface area contributed by atoms with Gasteiger partial charge in [0.25, 0.3) is 0 Å². The van der Waals surface area contributed by atoms with Gasteiger partial charge < -0.3 is 14.8 Å². The van der Waals surface area contributed by atoms with E-state index in [4.69, 9.17) is 9.47 Å². The first-order valence-corrected chi connectivity index (χ1v) is 8.00. The van der Waals surface area contributed by atoms with Crippen LogP contribution < -0.4 is 14.8 Å². The van der Waals surface area contributed by atoms with Gasteiger partial charge in [-0.2, -0.15) is 0 Å². The van der Waals surface area contributed by atoms with Gasteiger partial charge in [-0.25, -0.2) is 0 Å². The smallest absolute Gasteiger partial charge is 0.119 e. The molecule has 3 heteroatoms. The third kappa shape index (κ3) is 5.32. The lowest BCUT2D eigenvalue weighted by molar-refractivity contribution is 0.317. The zero-order chi connectivity index (χ0) is 15.6. The average Bonchev–Trinajstić information content (AvgIpc) is 2.58. The Labute approximate surface area is 133 Å². The number of anilines is 1. The molecule has 0 aliphatic carbocycles. The fraction of sp³-hybridized carbons (Fsp3) is 0.368. The summed E-state index contributed by atoms with van der Waals surface area (Å²) in [4.78, 5) is 0. The van der Waals surface area contributed by atoms with E-state index in [1.54, 1.807) is 0 Å². The maximum Gasteiger partial charge on any atom is 0.119 e. The first kappa shape index (κ1) is 16.2. The van der Waals surface area contributed by atoms with Gasteiger partial charge in [0.1, 0.15) is 11.5 Å². The van der Waals surface area contributed by atoms with Crippen LogP contribution >= 0.6 is 0 Å². The highest BCUT2D eigenvalue weighted by Crippen LogP contribution is 2.17. The molecular weight excluding hydrogens is 274 g/mol. The minimum absolute atomic E-state index is 0.763. The Morgan fingerprint density at radius 1 is 0.727 bits per heavy atom. The van der Waals surface area contributed by atoms with Crippen LogP contribution in [0.3, 0.4) is 0 Å². The highest BCUT2D eigenvalue weighted by molar-refractivity contribution is 5.47. The average molecular weight is 299 g/mol. The van der Waals surface area contributed by atoms with E-state index in [-0.39, 0.29) is 0 Å². The fourth-order valence-electron chi connectivity index (χ4n) is 2.02. The number of ether oxygens (including phenoxy) is 2. The molecule has 0 unspecified atom stereocenters. The van der Waals surface area contributed by atoms with E-state index in [1.165, 1.54) is 5.56 Å². The Morgan fingerprint density at radius 3 is 1.73 bits per heavy atom. The molecule has 22 heavy (non-hydrogen) atoms. The molecule has 0 amide bonds. The molecule has 0 atom stereocenters. The minimum Gasteiger partial charge on any atom is -0.494 e. The summed E-state index contributed by atoms with van der Waals surface area (Å²) >= 11 is 0. The van der Waals surface area contributed by atoms with E-state index in [2.05, 4.69) is 31.3 Å². The standard InChI is InChI=1S/C19H25NO2/c1-3-13-21-18-9-5-16(6-10-18)15-20-17-7-11-19(12-8-17)22-14-4-2/h5-12,20H,3-4,13-15H2,1-2H3. The van der Waals surface area contributed by atoms with Crippen molar-refractivity contribution in [1.29, 1.82) is 0 Å². The molecule has 118 valence electrons. The monoisotopic (exact) mass is 299 g/mol. The Bertz CT molecular complexity index is 483. The second-order valence-corrected chi connectivity index (χ2v) is 5.22. The SMILES string of the molecule is CCCOc1ccc(CNc2ccc(OCCC)cc2)cc1. The first-order valence-electron chi connectivity index (χ1n) is 8.00. The van der Waals surface area contributed by atoms with Crippen molar-refractivity contribution >= 4 is 5.69 Å². The van der Waals surface area contributed by atoms with Crippen LogP contribution in [0.15, 0.2) is 48.5 Å². The van der Waals surface area contributed by atoms with Crippen molar-refractivity contribution in [3.8, 4) is 11.5 Å². The molecular formula is C19H25NO2. The number of hydrogen-bond acceptors (Lipinski definition) is 3. The predicted molar refractivity (Wildman–Crippen MR) is 91.8 cm³/mol. The van der Waals surface area contributed by atoms with Gasteiger partial charge in [-0.1, -0.05) is 26.0 Å². The Balaban J connectivity index is 1.81. The van der Waals surface area contributed by atoms with E-state index < -0.39 is 0 Å². The van der Waals surface area contributed by atoms with E-state index in [0.717, 1.165) is 49.8 Å². The molecule has 0 spiro atoms. The van der Waals surface area contributed by atoms with Gasteiger partial charge in [0, 0.05) is 12.2 Å². The van der Waals surface area contributed by atoms with Gasteiger partial charge in [0.2, 0.25) is 0 Å². The van der Waals surface area contributed by atoms with Gasteiger partial charge in [-0.05, 0) is 54.8 Å². The fourth-order valence-corrected chi connectivity index (χ4v) is 2.02. The maximum absolute atomic E-state index is 5.58. The van der Waals surface area contributed by atoms with E-state index in [0.29, 0.717) is 0 Å². The Kier molecular flexibility index (Phi) is 6.62. The molecule has 2 aromatic carbocycles. The van der Waals surface area contributed by atoms with Gasteiger partial charge in [0.05, 0.1) is 13.2 Å². The molecule has 0 aliphatic rings. The summed E-state index contributed by atoms with van der Waals surface area (Å²) in [6.45, 7) is 6.54. The van der Waals surface area contributed by atoms with Crippen LogP contribution in [-0.4, -0.2) is 13.2 Å². The van der Waals surface area contributed by atoms with Crippen LogP contribution in [0.1, 0.15) is 32.3 Å². The summed E-state index contributed by atoms with van der Waals surface area (Å²) in [5, 5.41) is 3.41. The van der Waals surface area contributed by atoms with Crippen LogP contribution in [0.25, 0.3) is 0 Å². The van der Waals surface area contributed by atoms with E-state index in [9.17, 15) is 0 Å². The topological polar surface area (TPSA) is 30.5 Å². The Hall–Kier alpha value is -2.16. The molecule has 2 rings (SSSR count). The van der Waals surface area contributed by atoms with E-state index in [1.807, 2.05) is 36.4 Å². The molecule has 0 saturated heterocycles. The van der Waals surface area contributed by atoms with Gasteiger partial charge >= 0.3 is 0 Å². The highest BCUT2D eigenvalue weighted by Gasteiger charge is 1.98. The summed E-state index contributed by atoms with van der Waals surface area (Å²) in [6, 6.07) is 16.3. The van der Waals surface area contributed by atoms with Crippen LogP contribution in [0.4, 0.5) is 5.69 Å². The largest absolute Gasteiger partial charge is 0.494 e. The van der Waals surface area contributed by atoms with Crippen molar-refractivity contribution in [2.75, 3.05) is 18.5 Å². The third-order valence-electron chi connectivity index (χ3n) is 3.22. The minimum atomic E-state index is 0.763. The quantitative estimate of drug-likeness (QED) is 0.716. The molecule has 0 aromatic heterocycles. The van der Waals surface area contributed by atoms with Crippen molar-refractivity contribution in [3.05, 3.63) is 54.1 Å². The summed E-state index contributed by atoms with van der Waals surface area (Å²) in [5.41, 5.74) is 2.32. The Morgan fingerprint density at radius 2 is 1.23 bits per heavy atom. The predicted octanol–water partition coefficient (Wildman–Crippen LogP) is 4.88. The number of nitrogens with one attached hydrogen (secondary N) is 1. The molecule has 0 radical (unpaired) electrons. The molecule has 0 aliphatic heterocycles. The number of hydrogen-bond donors (Lipinski definition) is 1. The molecule has 0 heterocycles. The number of rotatable bonds is 9. The van der Waals surface area contributed by atoms with Gasteiger partial charge in [-0.15, -0.1) is 0 Å². The molecule has 3 nitrogen and oxygen atoms in total.